The van der Waals surface area contributed by atoms with Crippen LogP contribution in [-0.4, -0.2) is 11.5 Å². The Hall–Kier alpha value is -0.850. The van der Waals surface area contributed by atoms with Gasteiger partial charge in [0.2, 0.25) is 0 Å². The Morgan fingerprint density at radius 1 is 1.60 bits per heavy atom. The summed E-state index contributed by atoms with van der Waals surface area (Å²) in [7, 11) is 0. The molecule has 1 atom stereocenters. The first-order chi connectivity index (χ1) is 7.27. The fourth-order valence-electron chi connectivity index (χ4n) is 1.36. The SMILES string of the molecule is C#CCC(NCCC)c1cncc(Br)c1. The number of aromatic nitrogens is 1. The summed E-state index contributed by atoms with van der Waals surface area (Å²) in [6.45, 7) is 3.11. The largest absolute Gasteiger partial charge is 0.309 e. The molecule has 0 aliphatic heterocycles. The minimum absolute atomic E-state index is 0.208. The number of hydrogen-bond acceptors (Lipinski definition) is 2. The summed E-state index contributed by atoms with van der Waals surface area (Å²) in [5, 5.41) is 3.41. The fourth-order valence-corrected chi connectivity index (χ4v) is 1.75. The van der Waals surface area contributed by atoms with Crippen LogP contribution in [-0.2, 0) is 0 Å². The summed E-state index contributed by atoms with van der Waals surface area (Å²) in [5.74, 6) is 2.69. The second-order valence-electron chi connectivity index (χ2n) is 3.35. The van der Waals surface area contributed by atoms with Gasteiger partial charge in [0, 0.05) is 29.3 Å². The van der Waals surface area contributed by atoms with E-state index in [-0.39, 0.29) is 6.04 Å². The molecule has 0 aliphatic rings. The normalized spacial score (nSPS) is 12.1. The minimum atomic E-state index is 0.208. The lowest BCUT2D eigenvalue weighted by atomic mass is 10.1. The molecular formula is C12H15BrN2. The molecule has 0 spiro atoms. The van der Waals surface area contributed by atoms with Crippen molar-refractivity contribution < 1.29 is 0 Å². The molecule has 1 rings (SSSR count). The molecule has 1 aromatic rings. The molecule has 0 fully saturated rings. The molecular weight excluding hydrogens is 252 g/mol. The first-order valence-corrected chi connectivity index (χ1v) is 5.84. The van der Waals surface area contributed by atoms with Crippen molar-refractivity contribution in [2.45, 2.75) is 25.8 Å². The van der Waals surface area contributed by atoms with Crippen LogP contribution >= 0.6 is 15.9 Å². The third-order valence-corrected chi connectivity index (χ3v) is 2.52. The monoisotopic (exact) mass is 266 g/mol. The number of halogens is 1. The van der Waals surface area contributed by atoms with E-state index in [0.717, 1.165) is 23.0 Å². The van der Waals surface area contributed by atoms with Gasteiger partial charge in [0.15, 0.2) is 0 Å². The summed E-state index contributed by atoms with van der Waals surface area (Å²) in [6, 6.07) is 2.26. The summed E-state index contributed by atoms with van der Waals surface area (Å²) in [5.41, 5.74) is 1.13. The molecule has 0 radical (unpaired) electrons. The van der Waals surface area contributed by atoms with Gasteiger partial charge in [-0.2, -0.15) is 0 Å². The molecule has 0 saturated heterocycles. The van der Waals surface area contributed by atoms with E-state index in [9.17, 15) is 0 Å². The van der Waals surface area contributed by atoms with Crippen LogP contribution in [0.2, 0.25) is 0 Å². The van der Waals surface area contributed by atoms with Gasteiger partial charge in [0.25, 0.3) is 0 Å². The highest BCUT2D eigenvalue weighted by molar-refractivity contribution is 9.10. The Bertz CT molecular complexity index is 344. The lowest BCUT2D eigenvalue weighted by molar-refractivity contribution is 0.541. The molecule has 0 bridgehead atoms. The molecule has 3 heteroatoms. The van der Waals surface area contributed by atoms with Crippen LogP contribution in [0.3, 0.4) is 0 Å². The Morgan fingerprint density at radius 3 is 3.00 bits per heavy atom. The second-order valence-corrected chi connectivity index (χ2v) is 4.27. The highest BCUT2D eigenvalue weighted by Crippen LogP contribution is 2.19. The van der Waals surface area contributed by atoms with Crippen LogP contribution in [0.25, 0.3) is 0 Å². The summed E-state index contributed by atoms with van der Waals surface area (Å²) < 4.78 is 0.986. The van der Waals surface area contributed by atoms with Crippen molar-refractivity contribution in [3.8, 4) is 12.3 Å². The van der Waals surface area contributed by atoms with Crippen molar-refractivity contribution in [2.75, 3.05) is 6.54 Å². The number of nitrogens with zero attached hydrogens (tertiary/aromatic N) is 1. The zero-order valence-corrected chi connectivity index (χ0v) is 10.4. The first-order valence-electron chi connectivity index (χ1n) is 5.05. The number of rotatable bonds is 5. The highest BCUT2D eigenvalue weighted by Gasteiger charge is 2.09. The molecule has 0 aromatic carbocycles. The topological polar surface area (TPSA) is 24.9 Å². The van der Waals surface area contributed by atoms with Crippen LogP contribution in [0.15, 0.2) is 22.9 Å². The molecule has 1 unspecified atom stereocenters. The predicted molar refractivity (Wildman–Crippen MR) is 66.4 cm³/mol. The van der Waals surface area contributed by atoms with Gasteiger partial charge in [0.05, 0.1) is 0 Å². The molecule has 80 valence electrons. The van der Waals surface area contributed by atoms with Crippen molar-refractivity contribution in [1.82, 2.24) is 10.3 Å². The molecule has 1 aromatic heterocycles. The lowest BCUT2D eigenvalue weighted by Gasteiger charge is -2.16. The lowest BCUT2D eigenvalue weighted by Crippen LogP contribution is -2.21. The van der Waals surface area contributed by atoms with Crippen molar-refractivity contribution in [3.05, 3.63) is 28.5 Å². The van der Waals surface area contributed by atoms with Gasteiger partial charge in [-0.1, -0.05) is 6.92 Å². The minimum Gasteiger partial charge on any atom is -0.309 e. The van der Waals surface area contributed by atoms with E-state index in [4.69, 9.17) is 6.42 Å². The first kappa shape index (κ1) is 12.2. The second kappa shape index (κ2) is 6.60. The van der Waals surface area contributed by atoms with Gasteiger partial charge in [-0.15, -0.1) is 12.3 Å². The van der Waals surface area contributed by atoms with E-state index in [1.807, 2.05) is 6.20 Å². The van der Waals surface area contributed by atoms with Crippen LogP contribution in [0.1, 0.15) is 31.4 Å². The number of hydrogen-bond donors (Lipinski definition) is 1. The zero-order chi connectivity index (χ0) is 11.1. The summed E-state index contributed by atoms with van der Waals surface area (Å²) in [6.07, 6.45) is 10.8. The number of terminal acetylenes is 1. The van der Waals surface area contributed by atoms with Crippen LogP contribution in [0, 0.1) is 12.3 Å². The maximum Gasteiger partial charge on any atom is 0.0446 e. The van der Waals surface area contributed by atoms with E-state index >= 15 is 0 Å². The quantitative estimate of drug-likeness (QED) is 0.830. The molecule has 0 amide bonds. The van der Waals surface area contributed by atoms with Gasteiger partial charge in [-0.3, -0.25) is 4.98 Å². The maximum atomic E-state index is 5.35. The van der Waals surface area contributed by atoms with E-state index in [0.29, 0.717) is 6.42 Å². The van der Waals surface area contributed by atoms with Crippen molar-refractivity contribution in [1.29, 1.82) is 0 Å². The van der Waals surface area contributed by atoms with Crippen LogP contribution < -0.4 is 5.32 Å². The van der Waals surface area contributed by atoms with Crippen molar-refractivity contribution in [3.63, 3.8) is 0 Å². The van der Waals surface area contributed by atoms with E-state index in [1.54, 1.807) is 6.20 Å². The molecule has 2 nitrogen and oxygen atoms in total. The maximum absolute atomic E-state index is 5.35. The van der Waals surface area contributed by atoms with Gasteiger partial charge >= 0.3 is 0 Å². The molecule has 15 heavy (non-hydrogen) atoms. The van der Waals surface area contributed by atoms with Crippen LogP contribution in [0.5, 0.6) is 0 Å². The Morgan fingerprint density at radius 2 is 2.40 bits per heavy atom. The van der Waals surface area contributed by atoms with Gasteiger partial charge < -0.3 is 5.32 Å². The molecule has 0 aliphatic carbocycles. The van der Waals surface area contributed by atoms with E-state index in [1.165, 1.54) is 0 Å². The van der Waals surface area contributed by atoms with Gasteiger partial charge in [0.1, 0.15) is 0 Å². The Labute approximate surface area is 99.6 Å². The molecule has 0 saturated carbocycles. The Kier molecular flexibility index (Phi) is 5.38. The number of pyridine rings is 1. The van der Waals surface area contributed by atoms with Crippen molar-refractivity contribution >= 4 is 15.9 Å². The average molecular weight is 267 g/mol. The zero-order valence-electron chi connectivity index (χ0n) is 8.83. The Balaban J connectivity index is 2.75. The standard InChI is InChI=1S/C12H15BrN2/c1-3-5-12(15-6-4-2)10-7-11(13)9-14-8-10/h1,7-9,12,15H,4-6H2,2H3. The van der Waals surface area contributed by atoms with Crippen molar-refractivity contribution in [2.24, 2.45) is 0 Å². The number of nitrogens with one attached hydrogen (secondary N) is 1. The fraction of sp³-hybridized carbons (Fsp3) is 0.417. The predicted octanol–water partition coefficient (Wildman–Crippen LogP) is 2.91. The summed E-state index contributed by atoms with van der Waals surface area (Å²) in [4.78, 5) is 4.14. The smallest absolute Gasteiger partial charge is 0.0446 e. The summed E-state index contributed by atoms with van der Waals surface area (Å²) >= 11 is 3.41. The third kappa shape index (κ3) is 4.03. The van der Waals surface area contributed by atoms with E-state index in [2.05, 4.69) is 45.1 Å². The van der Waals surface area contributed by atoms with E-state index < -0.39 is 0 Å². The van der Waals surface area contributed by atoms with Gasteiger partial charge in [-0.25, -0.2) is 0 Å². The van der Waals surface area contributed by atoms with Gasteiger partial charge in [-0.05, 0) is 40.5 Å². The average Bonchev–Trinajstić information content (AvgIpc) is 2.24. The molecule has 1 heterocycles. The third-order valence-electron chi connectivity index (χ3n) is 2.09. The molecule has 1 N–H and O–H groups in total. The van der Waals surface area contributed by atoms with Crippen LogP contribution in [0.4, 0.5) is 0 Å². The highest BCUT2D eigenvalue weighted by atomic mass is 79.9.